The van der Waals surface area contributed by atoms with Crippen molar-refractivity contribution < 1.29 is 4.52 Å². The molecule has 0 aliphatic heterocycles. The zero-order valence-electron chi connectivity index (χ0n) is 9.84. The van der Waals surface area contributed by atoms with Crippen molar-refractivity contribution in [2.24, 2.45) is 0 Å². The molecule has 0 unspecified atom stereocenters. The molecule has 2 rings (SSSR count). The Morgan fingerprint density at radius 2 is 2.12 bits per heavy atom. The highest BCUT2D eigenvalue weighted by molar-refractivity contribution is 5.26. The van der Waals surface area contributed by atoms with Crippen molar-refractivity contribution in [1.29, 1.82) is 0 Å². The second kappa shape index (κ2) is 5.45. The van der Waals surface area contributed by atoms with Crippen LogP contribution in [0.15, 0.2) is 35.1 Å². The third kappa shape index (κ3) is 3.57. The van der Waals surface area contributed by atoms with Gasteiger partial charge in [0.2, 0.25) is 0 Å². The highest BCUT2D eigenvalue weighted by Gasteiger charge is 2.05. The Kier molecular flexibility index (Phi) is 3.72. The molecule has 17 heavy (non-hydrogen) atoms. The molecule has 5 heteroatoms. The van der Waals surface area contributed by atoms with Crippen molar-refractivity contribution in [3.63, 3.8) is 0 Å². The molecule has 0 aromatic carbocycles. The quantitative estimate of drug-likeness (QED) is 0.842. The zero-order chi connectivity index (χ0) is 12.1. The van der Waals surface area contributed by atoms with E-state index in [1.54, 1.807) is 6.07 Å². The van der Waals surface area contributed by atoms with Crippen LogP contribution in [0, 0.1) is 0 Å². The van der Waals surface area contributed by atoms with Crippen molar-refractivity contribution in [3.05, 3.63) is 41.9 Å². The first kappa shape index (κ1) is 11.6. The van der Waals surface area contributed by atoms with Gasteiger partial charge in [0.05, 0.1) is 6.54 Å². The van der Waals surface area contributed by atoms with Crippen molar-refractivity contribution in [3.8, 4) is 0 Å². The Bertz CT molecular complexity index is 455. The number of likely N-dealkylation sites (N-methyl/N-ethyl adjacent to an activating group) is 1. The maximum Gasteiger partial charge on any atom is 0.167 e. The molecule has 2 aromatic rings. The minimum absolute atomic E-state index is 0.433. The molecule has 0 bridgehead atoms. The lowest BCUT2D eigenvalue weighted by molar-refractivity contribution is 0.275. The molecular formula is C12H16N4O. The minimum atomic E-state index is 0.433. The Morgan fingerprint density at radius 1 is 1.35 bits per heavy atom. The average molecular weight is 232 g/mol. The van der Waals surface area contributed by atoms with Gasteiger partial charge < -0.3 is 10.3 Å². The maximum atomic E-state index is 5.49. The fourth-order valence-corrected chi connectivity index (χ4v) is 1.62. The largest absolute Gasteiger partial charge is 0.381 e. The van der Waals surface area contributed by atoms with E-state index in [9.17, 15) is 0 Å². The number of aromatic nitrogens is 2. The van der Waals surface area contributed by atoms with Gasteiger partial charge in [-0.2, -0.15) is 0 Å². The monoisotopic (exact) mass is 232 g/mol. The van der Waals surface area contributed by atoms with Gasteiger partial charge in [0, 0.05) is 25.0 Å². The lowest BCUT2D eigenvalue weighted by Gasteiger charge is -2.14. The van der Waals surface area contributed by atoms with Gasteiger partial charge in [-0.05, 0) is 31.2 Å². The number of nitrogens with zero attached hydrogens (tertiary/aromatic N) is 3. The Morgan fingerprint density at radius 3 is 2.76 bits per heavy atom. The SMILES string of the molecule is CN(CCc1ccncc1)Cc1cc(N)no1. The number of nitrogens with two attached hydrogens (primary N) is 1. The smallest absolute Gasteiger partial charge is 0.167 e. The molecule has 0 saturated carbocycles. The molecule has 0 fully saturated rings. The number of hydrogen-bond donors (Lipinski definition) is 1. The molecule has 0 spiro atoms. The fraction of sp³-hybridized carbons (Fsp3) is 0.333. The molecule has 0 amide bonds. The number of nitrogen functional groups attached to an aromatic ring is 1. The van der Waals surface area contributed by atoms with Crippen LogP contribution in [0.25, 0.3) is 0 Å². The predicted molar refractivity (Wildman–Crippen MR) is 65.2 cm³/mol. The standard InChI is InChI=1S/C12H16N4O/c1-16(9-11-8-12(13)15-17-11)7-4-10-2-5-14-6-3-10/h2-3,5-6,8H,4,7,9H2,1H3,(H2,13,15). The van der Waals surface area contributed by atoms with Gasteiger partial charge >= 0.3 is 0 Å². The van der Waals surface area contributed by atoms with Gasteiger partial charge in [0.25, 0.3) is 0 Å². The van der Waals surface area contributed by atoms with Crippen molar-refractivity contribution in [2.75, 3.05) is 19.3 Å². The first-order valence-electron chi connectivity index (χ1n) is 5.52. The van der Waals surface area contributed by atoms with Crippen LogP contribution in [0.5, 0.6) is 0 Å². The average Bonchev–Trinajstić information content (AvgIpc) is 2.73. The van der Waals surface area contributed by atoms with E-state index >= 15 is 0 Å². The third-order valence-electron chi connectivity index (χ3n) is 2.53. The van der Waals surface area contributed by atoms with Crippen LogP contribution in [0.2, 0.25) is 0 Å². The lowest BCUT2D eigenvalue weighted by atomic mass is 10.2. The van der Waals surface area contributed by atoms with Gasteiger partial charge in [0.1, 0.15) is 0 Å². The summed E-state index contributed by atoms with van der Waals surface area (Å²) in [6.45, 7) is 1.67. The van der Waals surface area contributed by atoms with E-state index in [4.69, 9.17) is 10.3 Å². The predicted octanol–water partition coefficient (Wildman–Crippen LogP) is 1.33. The van der Waals surface area contributed by atoms with Crippen LogP contribution < -0.4 is 5.73 Å². The van der Waals surface area contributed by atoms with E-state index in [0.717, 1.165) is 25.3 Å². The molecular weight excluding hydrogens is 216 g/mol. The van der Waals surface area contributed by atoms with Gasteiger partial charge in [0.15, 0.2) is 11.6 Å². The molecule has 0 saturated heterocycles. The summed E-state index contributed by atoms with van der Waals surface area (Å²) in [5, 5.41) is 3.66. The number of anilines is 1. The fourth-order valence-electron chi connectivity index (χ4n) is 1.62. The molecule has 90 valence electrons. The second-order valence-corrected chi connectivity index (χ2v) is 4.06. The highest BCUT2D eigenvalue weighted by Crippen LogP contribution is 2.08. The maximum absolute atomic E-state index is 5.49. The Balaban J connectivity index is 1.80. The minimum Gasteiger partial charge on any atom is -0.381 e. The molecule has 0 radical (unpaired) electrons. The van der Waals surface area contributed by atoms with Crippen LogP contribution in [-0.2, 0) is 13.0 Å². The van der Waals surface area contributed by atoms with Crippen LogP contribution in [0.3, 0.4) is 0 Å². The highest BCUT2D eigenvalue weighted by atomic mass is 16.5. The second-order valence-electron chi connectivity index (χ2n) is 4.06. The molecule has 0 aliphatic rings. The summed E-state index contributed by atoms with van der Waals surface area (Å²) in [6.07, 6.45) is 4.61. The van der Waals surface area contributed by atoms with Crippen molar-refractivity contribution in [2.45, 2.75) is 13.0 Å². The van der Waals surface area contributed by atoms with E-state index in [0.29, 0.717) is 5.82 Å². The van der Waals surface area contributed by atoms with E-state index in [1.807, 2.05) is 31.6 Å². The van der Waals surface area contributed by atoms with Crippen molar-refractivity contribution >= 4 is 5.82 Å². The topological polar surface area (TPSA) is 68.2 Å². The first-order chi connectivity index (χ1) is 8.24. The summed E-state index contributed by atoms with van der Waals surface area (Å²) in [4.78, 5) is 6.16. The first-order valence-corrected chi connectivity index (χ1v) is 5.52. The zero-order valence-corrected chi connectivity index (χ0v) is 9.84. The molecule has 2 aromatic heterocycles. The molecule has 2 N–H and O–H groups in total. The third-order valence-corrected chi connectivity index (χ3v) is 2.53. The molecule has 0 atom stereocenters. The summed E-state index contributed by atoms with van der Waals surface area (Å²) in [5.74, 6) is 1.22. The van der Waals surface area contributed by atoms with Crippen LogP contribution >= 0.6 is 0 Å². The summed E-state index contributed by atoms with van der Waals surface area (Å²) in [5.41, 5.74) is 6.77. The van der Waals surface area contributed by atoms with E-state index in [2.05, 4.69) is 15.0 Å². The summed E-state index contributed by atoms with van der Waals surface area (Å²) >= 11 is 0. The molecule has 5 nitrogen and oxygen atoms in total. The number of hydrogen-bond acceptors (Lipinski definition) is 5. The van der Waals surface area contributed by atoms with Crippen LogP contribution in [0.4, 0.5) is 5.82 Å². The summed E-state index contributed by atoms with van der Waals surface area (Å²) in [7, 11) is 2.04. The van der Waals surface area contributed by atoms with Gasteiger partial charge in [-0.3, -0.25) is 9.88 Å². The van der Waals surface area contributed by atoms with Gasteiger partial charge in [-0.25, -0.2) is 0 Å². The van der Waals surface area contributed by atoms with Gasteiger partial charge in [-0.1, -0.05) is 5.16 Å². The molecule has 0 aliphatic carbocycles. The van der Waals surface area contributed by atoms with Gasteiger partial charge in [-0.15, -0.1) is 0 Å². The number of pyridine rings is 1. The van der Waals surface area contributed by atoms with E-state index in [1.165, 1.54) is 5.56 Å². The number of rotatable bonds is 5. The van der Waals surface area contributed by atoms with Crippen LogP contribution in [0.1, 0.15) is 11.3 Å². The summed E-state index contributed by atoms with van der Waals surface area (Å²) < 4.78 is 5.06. The lowest BCUT2D eigenvalue weighted by Crippen LogP contribution is -2.20. The molecule has 2 heterocycles. The summed E-state index contributed by atoms with van der Waals surface area (Å²) in [6, 6.07) is 5.81. The van der Waals surface area contributed by atoms with E-state index < -0.39 is 0 Å². The van der Waals surface area contributed by atoms with E-state index in [-0.39, 0.29) is 0 Å². The van der Waals surface area contributed by atoms with Crippen molar-refractivity contribution in [1.82, 2.24) is 15.0 Å². The Labute approximate surface area is 100 Å². The normalized spacial score (nSPS) is 10.9. The van der Waals surface area contributed by atoms with Crippen LogP contribution in [-0.4, -0.2) is 28.6 Å². The Hall–Kier alpha value is -1.88.